The van der Waals surface area contributed by atoms with E-state index in [0.717, 1.165) is 31.6 Å². The van der Waals surface area contributed by atoms with Crippen LogP contribution in [-0.2, 0) is 6.42 Å². The molecule has 0 saturated carbocycles. The van der Waals surface area contributed by atoms with Crippen LogP contribution in [0.5, 0.6) is 0 Å². The Bertz CT molecular complexity index is 387. The zero-order valence-electron chi connectivity index (χ0n) is 10.4. The molecule has 17 heavy (non-hydrogen) atoms. The van der Waals surface area contributed by atoms with Crippen LogP contribution in [0.4, 0.5) is 5.69 Å². The van der Waals surface area contributed by atoms with Crippen molar-refractivity contribution in [3.63, 3.8) is 0 Å². The molecule has 4 nitrogen and oxygen atoms in total. The molecule has 0 spiro atoms. The first-order valence-corrected chi connectivity index (χ1v) is 5.92. The number of hydrogen-bond acceptors (Lipinski definition) is 3. The SMILES string of the molecule is CCN(CC)CCc1cc(C(=O)O)ccc1N. The van der Waals surface area contributed by atoms with Gasteiger partial charge in [-0.3, -0.25) is 0 Å². The third-order valence-corrected chi connectivity index (χ3v) is 2.98. The molecule has 0 radical (unpaired) electrons. The number of nitrogen functional groups attached to an aromatic ring is 1. The van der Waals surface area contributed by atoms with Gasteiger partial charge in [0, 0.05) is 12.2 Å². The van der Waals surface area contributed by atoms with Gasteiger partial charge in [-0.25, -0.2) is 4.79 Å². The summed E-state index contributed by atoms with van der Waals surface area (Å²) in [4.78, 5) is 13.1. The Morgan fingerprint density at radius 1 is 1.35 bits per heavy atom. The Morgan fingerprint density at radius 3 is 2.53 bits per heavy atom. The summed E-state index contributed by atoms with van der Waals surface area (Å²) in [6, 6.07) is 4.88. The van der Waals surface area contributed by atoms with E-state index >= 15 is 0 Å². The van der Waals surface area contributed by atoms with Gasteiger partial charge >= 0.3 is 5.97 Å². The van der Waals surface area contributed by atoms with Crippen molar-refractivity contribution in [2.24, 2.45) is 0 Å². The highest BCUT2D eigenvalue weighted by atomic mass is 16.4. The van der Waals surface area contributed by atoms with Crippen molar-refractivity contribution in [1.82, 2.24) is 4.90 Å². The van der Waals surface area contributed by atoms with Gasteiger partial charge in [0.15, 0.2) is 0 Å². The number of carboxylic acids is 1. The number of likely N-dealkylation sites (N-methyl/N-ethyl adjacent to an activating group) is 1. The lowest BCUT2D eigenvalue weighted by molar-refractivity contribution is 0.0697. The van der Waals surface area contributed by atoms with Crippen LogP contribution >= 0.6 is 0 Å². The Balaban J connectivity index is 2.75. The normalized spacial score (nSPS) is 10.8. The number of anilines is 1. The molecule has 0 unspecified atom stereocenters. The summed E-state index contributed by atoms with van der Waals surface area (Å²) >= 11 is 0. The van der Waals surface area contributed by atoms with Crippen molar-refractivity contribution >= 4 is 11.7 Å². The van der Waals surface area contributed by atoms with E-state index in [1.54, 1.807) is 18.2 Å². The average molecular weight is 236 g/mol. The first kappa shape index (κ1) is 13.5. The van der Waals surface area contributed by atoms with Crippen molar-refractivity contribution in [2.75, 3.05) is 25.4 Å². The van der Waals surface area contributed by atoms with Crippen molar-refractivity contribution in [3.8, 4) is 0 Å². The molecule has 4 heteroatoms. The number of aromatic carboxylic acids is 1. The highest BCUT2D eigenvalue weighted by Crippen LogP contribution is 2.15. The lowest BCUT2D eigenvalue weighted by atomic mass is 10.1. The van der Waals surface area contributed by atoms with Crippen LogP contribution in [-0.4, -0.2) is 35.6 Å². The second-order valence-electron chi connectivity index (χ2n) is 4.00. The summed E-state index contributed by atoms with van der Waals surface area (Å²) in [6.45, 7) is 7.12. The number of nitrogens with zero attached hydrogens (tertiary/aromatic N) is 1. The number of hydrogen-bond donors (Lipinski definition) is 2. The van der Waals surface area contributed by atoms with Gasteiger partial charge in [-0.15, -0.1) is 0 Å². The Hall–Kier alpha value is -1.55. The van der Waals surface area contributed by atoms with Crippen LogP contribution in [0.1, 0.15) is 29.8 Å². The summed E-state index contributed by atoms with van der Waals surface area (Å²) in [7, 11) is 0. The Kier molecular flexibility index (Phi) is 4.97. The molecule has 0 aliphatic heterocycles. The smallest absolute Gasteiger partial charge is 0.335 e. The molecule has 0 aromatic heterocycles. The molecule has 1 rings (SSSR count). The van der Waals surface area contributed by atoms with E-state index in [1.807, 2.05) is 0 Å². The zero-order chi connectivity index (χ0) is 12.8. The molecule has 1 aromatic carbocycles. The van der Waals surface area contributed by atoms with E-state index in [2.05, 4.69) is 18.7 Å². The predicted octanol–water partition coefficient (Wildman–Crippen LogP) is 1.85. The molecule has 0 heterocycles. The number of rotatable bonds is 6. The lowest BCUT2D eigenvalue weighted by Crippen LogP contribution is -2.25. The molecule has 0 aliphatic rings. The van der Waals surface area contributed by atoms with E-state index < -0.39 is 5.97 Å². The molecule has 0 aliphatic carbocycles. The van der Waals surface area contributed by atoms with Gasteiger partial charge < -0.3 is 15.7 Å². The molecule has 0 amide bonds. The Labute approximate surface area is 102 Å². The highest BCUT2D eigenvalue weighted by molar-refractivity contribution is 5.88. The summed E-state index contributed by atoms with van der Waals surface area (Å²) in [5.74, 6) is -0.908. The summed E-state index contributed by atoms with van der Waals surface area (Å²) in [6.07, 6.45) is 0.786. The van der Waals surface area contributed by atoms with E-state index in [4.69, 9.17) is 10.8 Å². The minimum Gasteiger partial charge on any atom is -0.478 e. The summed E-state index contributed by atoms with van der Waals surface area (Å²) in [5, 5.41) is 8.92. The second kappa shape index (κ2) is 6.25. The van der Waals surface area contributed by atoms with Crippen LogP contribution in [0.2, 0.25) is 0 Å². The summed E-state index contributed by atoms with van der Waals surface area (Å²) < 4.78 is 0. The number of carbonyl (C=O) groups is 1. The third-order valence-electron chi connectivity index (χ3n) is 2.98. The minimum atomic E-state index is -0.908. The minimum absolute atomic E-state index is 0.300. The highest BCUT2D eigenvalue weighted by Gasteiger charge is 2.07. The van der Waals surface area contributed by atoms with Gasteiger partial charge in [0.05, 0.1) is 5.56 Å². The fourth-order valence-corrected chi connectivity index (χ4v) is 1.77. The van der Waals surface area contributed by atoms with Crippen molar-refractivity contribution in [3.05, 3.63) is 29.3 Å². The van der Waals surface area contributed by atoms with Crippen LogP contribution < -0.4 is 5.73 Å². The number of carboxylic acid groups (broad SMARTS) is 1. The van der Waals surface area contributed by atoms with E-state index in [1.165, 1.54) is 0 Å². The Morgan fingerprint density at radius 2 is 2.00 bits per heavy atom. The molecule has 0 bridgehead atoms. The molecular weight excluding hydrogens is 216 g/mol. The maximum atomic E-state index is 10.9. The van der Waals surface area contributed by atoms with Crippen molar-refractivity contribution in [2.45, 2.75) is 20.3 Å². The quantitative estimate of drug-likeness (QED) is 0.740. The van der Waals surface area contributed by atoms with Crippen molar-refractivity contribution < 1.29 is 9.90 Å². The van der Waals surface area contributed by atoms with E-state index in [0.29, 0.717) is 11.3 Å². The fraction of sp³-hybridized carbons (Fsp3) is 0.462. The third kappa shape index (κ3) is 3.75. The van der Waals surface area contributed by atoms with Crippen molar-refractivity contribution in [1.29, 1.82) is 0 Å². The monoisotopic (exact) mass is 236 g/mol. The molecule has 0 atom stereocenters. The molecule has 94 valence electrons. The number of nitrogens with two attached hydrogens (primary N) is 1. The van der Waals surface area contributed by atoms with Crippen LogP contribution in [0.15, 0.2) is 18.2 Å². The van der Waals surface area contributed by atoms with Gasteiger partial charge in [-0.1, -0.05) is 13.8 Å². The topological polar surface area (TPSA) is 66.6 Å². The molecule has 0 fully saturated rings. The zero-order valence-corrected chi connectivity index (χ0v) is 10.4. The first-order chi connectivity index (χ1) is 8.08. The first-order valence-electron chi connectivity index (χ1n) is 5.92. The second-order valence-corrected chi connectivity index (χ2v) is 4.00. The van der Waals surface area contributed by atoms with Gasteiger partial charge in [-0.2, -0.15) is 0 Å². The maximum absolute atomic E-state index is 10.9. The molecule has 0 saturated heterocycles. The molecular formula is C13H20N2O2. The summed E-state index contributed by atoms with van der Waals surface area (Å²) in [5.41, 5.74) is 7.73. The van der Waals surface area contributed by atoms with Crippen LogP contribution in [0.3, 0.4) is 0 Å². The van der Waals surface area contributed by atoms with Gasteiger partial charge in [0.1, 0.15) is 0 Å². The van der Waals surface area contributed by atoms with Gasteiger partial charge in [0.2, 0.25) is 0 Å². The maximum Gasteiger partial charge on any atom is 0.335 e. The number of benzene rings is 1. The standard InChI is InChI=1S/C13H20N2O2/c1-3-15(4-2)8-7-10-9-11(13(16)17)5-6-12(10)14/h5-6,9H,3-4,7-8,14H2,1-2H3,(H,16,17). The molecule has 3 N–H and O–H groups in total. The molecule has 1 aromatic rings. The van der Waals surface area contributed by atoms with Crippen LogP contribution in [0.25, 0.3) is 0 Å². The van der Waals surface area contributed by atoms with Crippen LogP contribution in [0, 0.1) is 0 Å². The predicted molar refractivity (Wildman–Crippen MR) is 69.3 cm³/mol. The van der Waals surface area contributed by atoms with E-state index in [-0.39, 0.29) is 0 Å². The largest absolute Gasteiger partial charge is 0.478 e. The fourth-order valence-electron chi connectivity index (χ4n) is 1.77. The van der Waals surface area contributed by atoms with Gasteiger partial charge in [-0.05, 0) is 43.3 Å². The lowest BCUT2D eigenvalue weighted by Gasteiger charge is -2.18. The van der Waals surface area contributed by atoms with E-state index in [9.17, 15) is 4.79 Å². The average Bonchev–Trinajstić information content (AvgIpc) is 2.32. The van der Waals surface area contributed by atoms with Gasteiger partial charge in [0.25, 0.3) is 0 Å².